The molecule has 0 bridgehead atoms. The highest BCUT2D eigenvalue weighted by molar-refractivity contribution is 7.07. The number of benzene rings is 1. The number of halogens is 1. The molecule has 1 aromatic heterocycles. The molecule has 2 rings (SSSR count). The maximum Gasteiger partial charge on any atom is 0.127 e. The molecule has 0 spiro atoms. The predicted molar refractivity (Wildman–Crippen MR) is 65.8 cm³/mol. The molecule has 0 aliphatic carbocycles. The first-order valence-corrected chi connectivity index (χ1v) is 6.26. The molecule has 17 heavy (non-hydrogen) atoms. The van der Waals surface area contributed by atoms with Gasteiger partial charge in [-0.3, -0.25) is 0 Å². The average molecular weight is 252 g/mol. The molecule has 1 N–H and O–H groups in total. The van der Waals surface area contributed by atoms with E-state index in [1.165, 1.54) is 17.7 Å². The Bertz CT molecular complexity index is 468. The number of aliphatic hydroxyl groups excluding tert-OH is 1. The van der Waals surface area contributed by atoms with Crippen molar-refractivity contribution in [3.63, 3.8) is 0 Å². The fraction of sp³-hybridized carbons (Fsp3) is 0.231. The van der Waals surface area contributed by atoms with E-state index in [0.717, 1.165) is 6.42 Å². The van der Waals surface area contributed by atoms with E-state index in [-0.39, 0.29) is 12.4 Å². The molecular formula is C13H13FO2S. The van der Waals surface area contributed by atoms with E-state index in [0.29, 0.717) is 17.9 Å². The summed E-state index contributed by atoms with van der Waals surface area (Å²) in [6.07, 6.45) is 0.800. The lowest BCUT2D eigenvalue weighted by molar-refractivity contribution is 0.278. The van der Waals surface area contributed by atoms with Crippen molar-refractivity contribution in [3.8, 4) is 5.75 Å². The molecule has 90 valence electrons. The first-order valence-electron chi connectivity index (χ1n) is 5.32. The van der Waals surface area contributed by atoms with Crippen molar-refractivity contribution in [1.82, 2.24) is 0 Å². The van der Waals surface area contributed by atoms with Crippen LogP contribution in [-0.4, -0.2) is 11.7 Å². The van der Waals surface area contributed by atoms with Gasteiger partial charge in [0.15, 0.2) is 0 Å². The molecule has 1 aromatic carbocycles. The summed E-state index contributed by atoms with van der Waals surface area (Å²) in [6.45, 7) is 0.323. The summed E-state index contributed by atoms with van der Waals surface area (Å²) in [5.74, 6) is 0.0753. The molecule has 2 aromatic rings. The number of hydrogen-bond acceptors (Lipinski definition) is 3. The molecule has 0 saturated carbocycles. The Kier molecular flexibility index (Phi) is 4.12. The van der Waals surface area contributed by atoms with Gasteiger partial charge in [-0.05, 0) is 40.1 Å². The second-order valence-corrected chi connectivity index (χ2v) is 4.46. The first-order chi connectivity index (χ1) is 8.28. The fourth-order valence-electron chi connectivity index (χ4n) is 1.52. The minimum absolute atomic E-state index is 0.182. The van der Waals surface area contributed by atoms with Gasteiger partial charge in [-0.15, -0.1) is 0 Å². The highest BCUT2D eigenvalue weighted by Crippen LogP contribution is 2.17. The third kappa shape index (κ3) is 3.54. The molecule has 0 aliphatic heterocycles. The summed E-state index contributed by atoms with van der Waals surface area (Å²) in [5.41, 5.74) is 1.74. The van der Waals surface area contributed by atoms with Crippen molar-refractivity contribution in [2.75, 3.05) is 6.61 Å². The lowest BCUT2D eigenvalue weighted by atomic mass is 10.2. The lowest BCUT2D eigenvalue weighted by Crippen LogP contribution is -2.01. The van der Waals surface area contributed by atoms with Crippen LogP contribution in [0.2, 0.25) is 0 Å². The molecule has 0 radical (unpaired) electrons. The largest absolute Gasteiger partial charge is 0.493 e. The summed E-state index contributed by atoms with van der Waals surface area (Å²) in [7, 11) is 0. The Morgan fingerprint density at radius 2 is 2.12 bits per heavy atom. The Hall–Kier alpha value is -1.39. The molecule has 4 heteroatoms. The first kappa shape index (κ1) is 12.1. The normalized spacial score (nSPS) is 10.5. The van der Waals surface area contributed by atoms with Gasteiger partial charge in [0.1, 0.15) is 11.6 Å². The lowest BCUT2D eigenvalue weighted by Gasteiger charge is -2.07. The zero-order valence-electron chi connectivity index (χ0n) is 9.23. The highest BCUT2D eigenvalue weighted by Gasteiger charge is 2.01. The summed E-state index contributed by atoms with van der Waals surface area (Å²) in [6, 6.07) is 6.31. The van der Waals surface area contributed by atoms with Crippen LogP contribution in [0.1, 0.15) is 11.1 Å². The Morgan fingerprint density at radius 1 is 1.24 bits per heavy atom. The van der Waals surface area contributed by atoms with Crippen LogP contribution in [0.3, 0.4) is 0 Å². The monoisotopic (exact) mass is 252 g/mol. The second-order valence-electron chi connectivity index (χ2n) is 3.68. The van der Waals surface area contributed by atoms with Crippen molar-refractivity contribution < 1.29 is 14.2 Å². The van der Waals surface area contributed by atoms with E-state index in [2.05, 4.69) is 5.38 Å². The van der Waals surface area contributed by atoms with Crippen LogP contribution in [0.15, 0.2) is 35.0 Å². The van der Waals surface area contributed by atoms with E-state index >= 15 is 0 Å². The average Bonchev–Trinajstić information content (AvgIpc) is 2.81. The minimum Gasteiger partial charge on any atom is -0.493 e. The van der Waals surface area contributed by atoms with E-state index in [9.17, 15) is 4.39 Å². The van der Waals surface area contributed by atoms with Crippen molar-refractivity contribution in [2.24, 2.45) is 0 Å². The zero-order valence-corrected chi connectivity index (χ0v) is 10.0. The topological polar surface area (TPSA) is 29.5 Å². The van der Waals surface area contributed by atoms with Crippen LogP contribution in [0.25, 0.3) is 0 Å². The predicted octanol–water partition coefficient (Wildman–Crippen LogP) is 3.00. The molecule has 0 unspecified atom stereocenters. The number of aliphatic hydroxyl groups is 1. The van der Waals surface area contributed by atoms with Crippen LogP contribution in [0, 0.1) is 5.82 Å². The van der Waals surface area contributed by atoms with Gasteiger partial charge >= 0.3 is 0 Å². The minimum atomic E-state index is -0.387. The maximum absolute atomic E-state index is 13.1. The van der Waals surface area contributed by atoms with E-state index in [1.54, 1.807) is 17.4 Å². The van der Waals surface area contributed by atoms with Gasteiger partial charge < -0.3 is 9.84 Å². The third-order valence-electron chi connectivity index (χ3n) is 2.35. The van der Waals surface area contributed by atoms with Gasteiger partial charge in [0.05, 0.1) is 13.2 Å². The van der Waals surface area contributed by atoms with Gasteiger partial charge in [-0.1, -0.05) is 0 Å². The second kappa shape index (κ2) is 5.80. The maximum atomic E-state index is 13.1. The molecule has 0 saturated heterocycles. The van der Waals surface area contributed by atoms with Crippen molar-refractivity contribution in [3.05, 3.63) is 52.0 Å². The van der Waals surface area contributed by atoms with Crippen molar-refractivity contribution >= 4 is 11.3 Å². The summed E-state index contributed by atoms with van der Waals surface area (Å²) >= 11 is 1.65. The van der Waals surface area contributed by atoms with Crippen LogP contribution in [0.5, 0.6) is 5.75 Å². The molecule has 0 atom stereocenters. The SMILES string of the molecule is OCc1cc(F)cc(OCCc2ccsc2)c1. The quantitative estimate of drug-likeness (QED) is 0.886. The third-order valence-corrected chi connectivity index (χ3v) is 3.09. The van der Waals surface area contributed by atoms with E-state index in [1.807, 2.05) is 11.4 Å². The number of thiophene rings is 1. The summed E-state index contributed by atoms with van der Waals surface area (Å²) in [5, 5.41) is 13.0. The van der Waals surface area contributed by atoms with Crippen molar-refractivity contribution in [1.29, 1.82) is 0 Å². The zero-order chi connectivity index (χ0) is 12.1. The fourth-order valence-corrected chi connectivity index (χ4v) is 2.22. The number of ether oxygens (including phenoxy) is 1. The summed E-state index contributed by atoms with van der Waals surface area (Å²) in [4.78, 5) is 0. The molecule has 2 nitrogen and oxygen atoms in total. The van der Waals surface area contributed by atoms with Gasteiger partial charge in [-0.25, -0.2) is 4.39 Å². The highest BCUT2D eigenvalue weighted by atomic mass is 32.1. The standard InChI is InChI=1S/C13H13FO2S/c14-12-5-11(8-15)6-13(7-12)16-3-1-10-2-4-17-9-10/h2,4-7,9,15H,1,3,8H2. The molecule has 0 fully saturated rings. The van der Waals surface area contributed by atoms with E-state index < -0.39 is 0 Å². The van der Waals surface area contributed by atoms with Crippen molar-refractivity contribution in [2.45, 2.75) is 13.0 Å². The number of rotatable bonds is 5. The molecule has 0 amide bonds. The van der Waals surface area contributed by atoms with E-state index in [4.69, 9.17) is 9.84 Å². The Balaban J connectivity index is 1.92. The van der Waals surface area contributed by atoms with Gasteiger partial charge in [0, 0.05) is 12.5 Å². The number of hydrogen-bond donors (Lipinski definition) is 1. The van der Waals surface area contributed by atoms with Gasteiger partial charge in [-0.2, -0.15) is 11.3 Å². The van der Waals surface area contributed by atoms with Crippen LogP contribution >= 0.6 is 11.3 Å². The molecular weight excluding hydrogens is 239 g/mol. The van der Waals surface area contributed by atoms with Crippen LogP contribution < -0.4 is 4.74 Å². The molecule has 1 heterocycles. The van der Waals surface area contributed by atoms with Gasteiger partial charge in [0.25, 0.3) is 0 Å². The Morgan fingerprint density at radius 3 is 2.82 bits per heavy atom. The summed E-state index contributed by atoms with van der Waals surface area (Å²) < 4.78 is 18.6. The van der Waals surface area contributed by atoms with Crippen LogP contribution in [0.4, 0.5) is 4.39 Å². The van der Waals surface area contributed by atoms with Crippen LogP contribution in [-0.2, 0) is 13.0 Å². The smallest absolute Gasteiger partial charge is 0.127 e. The molecule has 0 aliphatic rings. The van der Waals surface area contributed by atoms with Gasteiger partial charge in [0.2, 0.25) is 0 Å². The Labute approximate surface area is 103 Å².